The van der Waals surface area contributed by atoms with E-state index in [0.717, 1.165) is 12.2 Å². The molecule has 0 unspecified atom stereocenters. The normalized spacial score (nSPS) is 8.31. The summed E-state index contributed by atoms with van der Waals surface area (Å²) >= 11 is 0. The number of nitrogens with zero attached hydrogens (tertiary/aromatic N) is 3. The summed E-state index contributed by atoms with van der Waals surface area (Å²) in [6, 6.07) is 5.72. The molecule has 2 heterocycles. The highest BCUT2D eigenvalue weighted by Crippen LogP contribution is 1.95. The summed E-state index contributed by atoms with van der Waals surface area (Å²) in [5.74, 6) is 0. The van der Waals surface area contributed by atoms with Gasteiger partial charge in [0.1, 0.15) is 0 Å². The van der Waals surface area contributed by atoms with Gasteiger partial charge in [0.05, 0.1) is 12.0 Å². The standard InChI is InChI=1S/C7H10N2.C5H5N.ClH/c1-3-7-5-9(4-2)6-8-7;1-2-4-6-5-3-1;/h3,5-6H,1,4H2,2H3;1-5H;1H. The third-order valence-corrected chi connectivity index (χ3v) is 1.79. The molecule has 4 heteroatoms. The van der Waals surface area contributed by atoms with E-state index in [9.17, 15) is 0 Å². The number of halogens is 1. The highest BCUT2D eigenvalue weighted by Gasteiger charge is 1.88. The van der Waals surface area contributed by atoms with Crippen molar-refractivity contribution in [2.45, 2.75) is 13.5 Å². The van der Waals surface area contributed by atoms with Gasteiger partial charge in [0.2, 0.25) is 0 Å². The Bertz CT molecular complexity index is 357. The molecule has 0 spiro atoms. The smallest absolute Gasteiger partial charge is 0.0953 e. The number of imidazole rings is 1. The van der Waals surface area contributed by atoms with E-state index in [2.05, 4.69) is 23.5 Å². The molecular weight excluding hydrogens is 222 g/mol. The Balaban J connectivity index is 0.000000283. The fraction of sp³-hybridized carbons (Fsp3) is 0.167. The van der Waals surface area contributed by atoms with Gasteiger partial charge in [-0.15, -0.1) is 12.4 Å². The van der Waals surface area contributed by atoms with Crippen LogP contribution in [0.5, 0.6) is 0 Å². The molecule has 0 N–H and O–H groups in total. The molecule has 86 valence electrons. The van der Waals surface area contributed by atoms with Crippen LogP contribution in [0.4, 0.5) is 0 Å². The quantitative estimate of drug-likeness (QED) is 0.804. The van der Waals surface area contributed by atoms with Crippen molar-refractivity contribution >= 4 is 18.5 Å². The summed E-state index contributed by atoms with van der Waals surface area (Å²) in [6.45, 7) is 6.65. The minimum atomic E-state index is 0. The Labute approximate surface area is 102 Å². The third kappa shape index (κ3) is 5.32. The Hall–Kier alpha value is -1.61. The van der Waals surface area contributed by atoms with Gasteiger partial charge in [0.25, 0.3) is 0 Å². The Morgan fingerprint density at radius 2 is 2.00 bits per heavy atom. The summed E-state index contributed by atoms with van der Waals surface area (Å²) in [5.41, 5.74) is 0.942. The predicted octanol–water partition coefficient (Wildman–Crippen LogP) is 3.05. The van der Waals surface area contributed by atoms with E-state index in [-0.39, 0.29) is 12.4 Å². The molecule has 0 aliphatic rings. The van der Waals surface area contributed by atoms with E-state index in [1.807, 2.05) is 29.0 Å². The highest BCUT2D eigenvalue weighted by molar-refractivity contribution is 5.85. The average Bonchev–Trinajstić information content (AvgIpc) is 2.80. The largest absolute Gasteiger partial charge is 0.337 e. The van der Waals surface area contributed by atoms with Gasteiger partial charge >= 0.3 is 0 Å². The van der Waals surface area contributed by atoms with Gasteiger partial charge in [-0.05, 0) is 25.1 Å². The van der Waals surface area contributed by atoms with Crippen molar-refractivity contribution < 1.29 is 0 Å². The first-order valence-electron chi connectivity index (χ1n) is 4.86. The van der Waals surface area contributed by atoms with Crippen LogP contribution in [0.15, 0.2) is 49.7 Å². The first kappa shape index (κ1) is 14.4. The van der Waals surface area contributed by atoms with Crippen molar-refractivity contribution in [2.75, 3.05) is 0 Å². The minimum absolute atomic E-state index is 0. The molecule has 0 amide bonds. The van der Waals surface area contributed by atoms with Gasteiger partial charge in [0.15, 0.2) is 0 Å². The van der Waals surface area contributed by atoms with Gasteiger partial charge in [-0.3, -0.25) is 4.98 Å². The van der Waals surface area contributed by atoms with Gasteiger partial charge in [-0.25, -0.2) is 4.98 Å². The lowest BCUT2D eigenvalue weighted by molar-refractivity contribution is 0.761. The van der Waals surface area contributed by atoms with Crippen LogP contribution in [0.25, 0.3) is 6.08 Å². The molecule has 0 radical (unpaired) electrons. The lowest BCUT2D eigenvalue weighted by atomic mass is 10.5. The summed E-state index contributed by atoms with van der Waals surface area (Å²) in [5, 5.41) is 0. The number of pyridine rings is 1. The van der Waals surface area contributed by atoms with E-state index in [4.69, 9.17) is 0 Å². The molecule has 0 atom stereocenters. The molecule has 0 fully saturated rings. The zero-order valence-electron chi connectivity index (χ0n) is 9.28. The van der Waals surface area contributed by atoms with Crippen LogP contribution in [0.2, 0.25) is 0 Å². The number of hydrogen-bond acceptors (Lipinski definition) is 2. The van der Waals surface area contributed by atoms with Crippen LogP contribution < -0.4 is 0 Å². The second-order valence-electron chi connectivity index (χ2n) is 2.86. The number of hydrogen-bond donors (Lipinski definition) is 0. The summed E-state index contributed by atoms with van der Waals surface area (Å²) in [4.78, 5) is 7.84. The Morgan fingerprint density at radius 3 is 2.25 bits per heavy atom. The first-order valence-corrected chi connectivity index (χ1v) is 4.86. The fourth-order valence-electron chi connectivity index (χ4n) is 0.968. The molecule has 0 aliphatic carbocycles. The van der Waals surface area contributed by atoms with Crippen LogP contribution in [0.3, 0.4) is 0 Å². The molecule has 16 heavy (non-hydrogen) atoms. The van der Waals surface area contributed by atoms with Crippen molar-refractivity contribution in [1.82, 2.24) is 14.5 Å². The van der Waals surface area contributed by atoms with Crippen LogP contribution in [-0.2, 0) is 6.54 Å². The van der Waals surface area contributed by atoms with Gasteiger partial charge < -0.3 is 4.57 Å². The molecule has 3 nitrogen and oxygen atoms in total. The maximum atomic E-state index is 4.05. The lowest BCUT2D eigenvalue weighted by Crippen LogP contribution is -1.86. The summed E-state index contributed by atoms with van der Waals surface area (Å²) < 4.78 is 2.01. The summed E-state index contributed by atoms with van der Waals surface area (Å²) in [6.07, 6.45) is 9.01. The van der Waals surface area contributed by atoms with E-state index in [0.29, 0.717) is 0 Å². The Morgan fingerprint density at radius 1 is 1.31 bits per heavy atom. The van der Waals surface area contributed by atoms with Crippen LogP contribution in [0, 0.1) is 0 Å². The van der Waals surface area contributed by atoms with Crippen molar-refractivity contribution in [1.29, 1.82) is 0 Å². The first-order chi connectivity index (χ1) is 7.36. The number of aromatic nitrogens is 3. The van der Waals surface area contributed by atoms with E-state index in [1.165, 1.54) is 0 Å². The molecule has 2 rings (SSSR count). The van der Waals surface area contributed by atoms with Crippen LogP contribution in [0.1, 0.15) is 12.6 Å². The van der Waals surface area contributed by atoms with Crippen LogP contribution >= 0.6 is 12.4 Å². The van der Waals surface area contributed by atoms with Gasteiger partial charge in [-0.2, -0.15) is 0 Å². The molecular formula is C12H16ClN3. The average molecular weight is 238 g/mol. The molecule has 0 saturated carbocycles. The molecule has 0 saturated heterocycles. The second-order valence-corrected chi connectivity index (χ2v) is 2.86. The SMILES string of the molecule is C=Cc1cn(CC)cn1.Cl.c1ccncc1. The van der Waals surface area contributed by atoms with Crippen molar-refractivity contribution in [3.8, 4) is 0 Å². The predicted molar refractivity (Wildman–Crippen MR) is 69.5 cm³/mol. The topological polar surface area (TPSA) is 30.7 Å². The van der Waals surface area contributed by atoms with Crippen molar-refractivity contribution in [3.05, 3.63) is 55.4 Å². The molecule has 0 bridgehead atoms. The molecule has 2 aromatic heterocycles. The number of aryl methyl sites for hydroxylation is 1. The fourth-order valence-corrected chi connectivity index (χ4v) is 0.968. The maximum absolute atomic E-state index is 4.05. The zero-order chi connectivity index (χ0) is 10.9. The molecule has 0 aromatic carbocycles. The Kier molecular flexibility index (Phi) is 7.81. The zero-order valence-corrected chi connectivity index (χ0v) is 10.1. The minimum Gasteiger partial charge on any atom is -0.337 e. The summed E-state index contributed by atoms with van der Waals surface area (Å²) in [7, 11) is 0. The highest BCUT2D eigenvalue weighted by atomic mass is 35.5. The van der Waals surface area contributed by atoms with Gasteiger partial charge in [-0.1, -0.05) is 12.6 Å². The van der Waals surface area contributed by atoms with E-state index < -0.39 is 0 Å². The van der Waals surface area contributed by atoms with Crippen molar-refractivity contribution in [2.24, 2.45) is 0 Å². The van der Waals surface area contributed by atoms with Crippen molar-refractivity contribution in [3.63, 3.8) is 0 Å². The molecule has 2 aromatic rings. The third-order valence-electron chi connectivity index (χ3n) is 1.79. The lowest BCUT2D eigenvalue weighted by Gasteiger charge is -1.88. The molecule has 0 aliphatic heterocycles. The van der Waals surface area contributed by atoms with E-state index in [1.54, 1.807) is 24.8 Å². The monoisotopic (exact) mass is 237 g/mol. The van der Waals surface area contributed by atoms with E-state index >= 15 is 0 Å². The maximum Gasteiger partial charge on any atom is 0.0953 e. The van der Waals surface area contributed by atoms with Gasteiger partial charge in [0, 0.05) is 25.1 Å². The number of rotatable bonds is 2. The second kappa shape index (κ2) is 8.68. The van der Waals surface area contributed by atoms with Crippen LogP contribution in [-0.4, -0.2) is 14.5 Å².